The topological polar surface area (TPSA) is 52.9 Å². The first-order valence-corrected chi connectivity index (χ1v) is 12.1. The fourth-order valence-electron chi connectivity index (χ4n) is 3.43. The summed E-state index contributed by atoms with van der Waals surface area (Å²) in [7, 11) is 0. The summed E-state index contributed by atoms with van der Waals surface area (Å²) < 4.78 is 6.05. The predicted molar refractivity (Wildman–Crippen MR) is 129 cm³/mol. The van der Waals surface area contributed by atoms with Crippen LogP contribution in [0, 0.1) is 6.92 Å². The van der Waals surface area contributed by atoms with Crippen molar-refractivity contribution in [3.8, 4) is 5.75 Å². The molecular weight excluding hydrogens is 374 g/mol. The van der Waals surface area contributed by atoms with Crippen molar-refractivity contribution in [2.24, 2.45) is 0 Å². The SMILES string of the molecule is CC.CCCCN(CCC)C(O)(O)CCCCCOc1ccc(C)cc1C(C)(C)C. The number of nitrogens with zero attached hydrogens (tertiary/aromatic N) is 1. The van der Waals surface area contributed by atoms with Crippen LogP contribution in [0.5, 0.6) is 5.75 Å². The number of aryl methyl sites for hydroxylation is 1. The summed E-state index contributed by atoms with van der Waals surface area (Å²) in [6.45, 7) is 19.0. The Morgan fingerprint density at radius 1 is 0.900 bits per heavy atom. The second-order valence-electron chi connectivity index (χ2n) is 9.02. The molecule has 0 heterocycles. The molecule has 0 saturated heterocycles. The quantitative estimate of drug-likeness (QED) is 0.284. The first-order valence-electron chi connectivity index (χ1n) is 12.1. The van der Waals surface area contributed by atoms with E-state index in [1.54, 1.807) is 0 Å². The van der Waals surface area contributed by atoms with Gasteiger partial charge in [0.1, 0.15) is 5.75 Å². The summed E-state index contributed by atoms with van der Waals surface area (Å²) in [6, 6.07) is 6.37. The number of hydrogen-bond donors (Lipinski definition) is 2. The fraction of sp³-hybridized carbons (Fsp3) is 0.769. The summed E-state index contributed by atoms with van der Waals surface area (Å²) in [5.41, 5.74) is 2.54. The van der Waals surface area contributed by atoms with Gasteiger partial charge in [-0.3, -0.25) is 4.90 Å². The van der Waals surface area contributed by atoms with Crippen molar-refractivity contribution in [1.29, 1.82) is 0 Å². The van der Waals surface area contributed by atoms with Crippen LogP contribution in [0.15, 0.2) is 18.2 Å². The zero-order valence-corrected chi connectivity index (χ0v) is 21.1. The lowest BCUT2D eigenvalue weighted by Crippen LogP contribution is -2.49. The van der Waals surface area contributed by atoms with Crippen LogP contribution in [0.25, 0.3) is 0 Å². The Morgan fingerprint density at radius 2 is 1.57 bits per heavy atom. The van der Waals surface area contributed by atoms with Crippen LogP contribution in [0.2, 0.25) is 0 Å². The molecule has 0 saturated carbocycles. The van der Waals surface area contributed by atoms with Crippen molar-refractivity contribution in [3.05, 3.63) is 29.3 Å². The van der Waals surface area contributed by atoms with Gasteiger partial charge in [-0.15, -0.1) is 0 Å². The molecule has 0 aliphatic rings. The molecule has 2 N–H and O–H groups in total. The van der Waals surface area contributed by atoms with Gasteiger partial charge in [-0.05, 0) is 56.1 Å². The maximum absolute atomic E-state index is 10.5. The van der Waals surface area contributed by atoms with E-state index in [0.717, 1.165) is 57.4 Å². The van der Waals surface area contributed by atoms with Gasteiger partial charge in [0.15, 0.2) is 0 Å². The summed E-state index contributed by atoms with van der Waals surface area (Å²) in [5.74, 6) is -0.729. The summed E-state index contributed by atoms with van der Waals surface area (Å²) in [5, 5.41) is 20.9. The minimum Gasteiger partial charge on any atom is -0.493 e. The Balaban J connectivity index is 0.00000407. The van der Waals surface area contributed by atoms with Crippen LogP contribution in [0.1, 0.15) is 105 Å². The summed E-state index contributed by atoms with van der Waals surface area (Å²) in [6.07, 6.45) is 5.97. The van der Waals surface area contributed by atoms with E-state index in [0.29, 0.717) is 13.0 Å². The normalized spacial score (nSPS) is 12.0. The number of benzene rings is 1. The maximum Gasteiger partial charge on any atom is 0.224 e. The first-order chi connectivity index (χ1) is 14.1. The number of unbranched alkanes of at least 4 members (excludes halogenated alkanes) is 3. The fourth-order valence-corrected chi connectivity index (χ4v) is 3.43. The first kappa shape index (κ1) is 28.9. The average Bonchev–Trinajstić information content (AvgIpc) is 2.69. The third kappa shape index (κ3) is 10.8. The Labute approximate surface area is 186 Å². The van der Waals surface area contributed by atoms with Crippen molar-refractivity contribution in [3.63, 3.8) is 0 Å². The molecule has 0 aromatic heterocycles. The third-order valence-electron chi connectivity index (χ3n) is 5.14. The monoisotopic (exact) mass is 423 g/mol. The van der Waals surface area contributed by atoms with Gasteiger partial charge in [-0.25, -0.2) is 0 Å². The standard InChI is InChI=1S/C24H43NO3.C2H6/c1-7-9-17-25(16-8-2)24(26,27)15-11-10-12-18-28-22-14-13-20(3)19-21(22)23(4,5)6;1-2/h13-14,19,26-27H,7-12,15-18H2,1-6H3;1-2H3. The second kappa shape index (κ2) is 14.8. The molecule has 0 amide bonds. The highest BCUT2D eigenvalue weighted by Crippen LogP contribution is 2.32. The van der Waals surface area contributed by atoms with Crippen molar-refractivity contribution in [1.82, 2.24) is 4.90 Å². The van der Waals surface area contributed by atoms with E-state index >= 15 is 0 Å². The molecule has 0 radical (unpaired) electrons. The van der Waals surface area contributed by atoms with Crippen molar-refractivity contribution < 1.29 is 14.9 Å². The molecular formula is C26H49NO3. The number of rotatable bonds is 13. The zero-order chi connectivity index (χ0) is 23.2. The van der Waals surface area contributed by atoms with Gasteiger partial charge in [0.25, 0.3) is 0 Å². The van der Waals surface area contributed by atoms with E-state index in [2.05, 4.69) is 59.7 Å². The molecule has 30 heavy (non-hydrogen) atoms. The summed E-state index contributed by atoms with van der Waals surface area (Å²) >= 11 is 0. The van der Waals surface area contributed by atoms with Gasteiger partial charge >= 0.3 is 0 Å². The van der Waals surface area contributed by atoms with Crippen LogP contribution >= 0.6 is 0 Å². The van der Waals surface area contributed by atoms with Gasteiger partial charge in [-0.1, -0.05) is 72.6 Å². The third-order valence-corrected chi connectivity index (χ3v) is 5.14. The molecule has 1 aromatic rings. The maximum atomic E-state index is 10.5. The van der Waals surface area contributed by atoms with E-state index in [1.807, 2.05) is 18.7 Å². The minimum atomic E-state index is -1.69. The van der Waals surface area contributed by atoms with Crippen LogP contribution in [-0.2, 0) is 5.41 Å². The molecule has 1 rings (SSSR count). The molecule has 0 aliphatic carbocycles. The van der Waals surface area contributed by atoms with Crippen LogP contribution in [-0.4, -0.2) is 40.7 Å². The lowest BCUT2D eigenvalue weighted by Gasteiger charge is -2.35. The van der Waals surface area contributed by atoms with Gasteiger partial charge in [0, 0.05) is 19.5 Å². The highest BCUT2D eigenvalue weighted by atomic mass is 16.5. The van der Waals surface area contributed by atoms with Gasteiger partial charge < -0.3 is 14.9 Å². The molecule has 0 spiro atoms. The Hall–Kier alpha value is -1.10. The van der Waals surface area contributed by atoms with Gasteiger partial charge in [-0.2, -0.15) is 0 Å². The smallest absolute Gasteiger partial charge is 0.224 e. The Kier molecular flexibility index (Phi) is 14.3. The van der Waals surface area contributed by atoms with E-state index in [-0.39, 0.29) is 5.41 Å². The van der Waals surface area contributed by atoms with Gasteiger partial charge in [0.05, 0.1) is 6.61 Å². The Morgan fingerprint density at radius 3 is 2.13 bits per heavy atom. The summed E-state index contributed by atoms with van der Waals surface area (Å²) in [4.78, 5) is 1.81. The second-order valence-corrected chi connectivity index (χ2v) is 9.02. The van der Waals surface area contributed by atoms with Crippen LogP contribution in [0.4, 0.5) is 0 Å². The molecule has 0 atom stereocenters. The largest absolute Gasteiger partial charge is 0.493 e. The van der Waals surface area contributed by atoms with Crippen molar-refractivity contribution in [2.75, 3.05) is 19.7 Å². The number of aliphatic hydroxyl groups is 2. The highest BCUT2D eigenvalue weighted by Gasteiger charge is 2.30. The number of ether oxygens (including phenoxy) is 1. The predicted octanol–water partition coefficient (Wildman–Crippen LogP) is 6.41. The molecule has 0 unspecified atom stereocenters. The van der Waals surface area contributed by atoms with Crippen molar-refractivity contribution >= 4 is 0 Å². The Bertz CT molecular complexity index is 564. The van der Waals surface area contributed by atoms with E-state index < -0.39 is 5.91 Å². The average molecular weight is 424 g/mol. The molecule has 0 aliphatic heterocycles. The molecule has 4 nitrogen and oxygen atoms in total. The highest BCUT2D eigenvalue weighted by molar-refractivity contribution is 5.41. The van der Waals surface area contributed by atoms with E-state index in [9.17, 15) is 10.2 Å². The molecule has 0 bridgehead atoms. The van der Waals surface area contributed by atoms with Crippen LogP contribution < -0.4 is 4.74 Å². The van der Waals surface area contributed by atoms with E-state index in [4.69, 9.17) is 4.74 Å². The van der Waals surface area contributed by atoms with Crippen LogP contribution in [0.3, 0.4) is 0 Å². The van der Waals surface area contributed by atoms with E-state index in [1.165, 1.54) is 11.1 Å². The molecule has 0 fully saturated rings. The lowest BCUT2D eigenvalue weighted by molar-refractivity contribution is -0.268. The lowest BCUT2D eigenvalue weighted by atomic mass is 9.85. The van der Waals surface area contributed by atoms with Gasteiger partial charge in [0.2, 0.25) is 5.91 Å². The number of hydrogen-bond acceptors (Lipinski definition) is 4. The minimum absolute atomic E-state index is 0.0515. The molecule has 176 valence electrons. The molecule has 1 aromatic carbocycles. The van der Waals surface area contributed by atoms with Crippen molar-refractivity contribution in [2.45, 2.75) is 112 Å². The zero-order valence-electron chi connectivity index (χ0n) is 21.1. The molecule has 4 heteroatoms.